The average Bonchev–Trinajstić information content (AvgIpc) is 3.20. The Morgan fingerprint density at radius 3 is 2.30 bits per heavy atom. The normalized spacial score (nSPS) is 27.0. The van der Waals surface area contributed by atoms with Crippen LogP contribution < -0.4 is 9.26 Å². The minimum absolute atomic E-state index is 0.187. The number of rotatable bonds is 4. The van der Waals surface area contributed by atoms with E-state index in [1.807, 2.05) is 0 Å². The number of aliphatic hydroxyl groups excluding tert-OH is 1. The van der Waals surface area contributed by atoms with E-state index in [2.05, 4.69) is 3.53 Å². The van der Waals surface area contributed by atoms with Crippen molar-refractivity contribution in [3.8, 4) is 0 Å². The van der Waals surface area contributed by atoms with Gasteiger partial charge in [0.15, 0.2) is 0 Å². The maximum Gasteiger partial charge on any atom is 0.251 e. The predicted octanol–water partition coefficient (Wildman–Crippen LogP) is -0.857. The summed E-state index contributed by atoms with van der Waals surface area (Å²) in [6.07, 6.45) is 1.71. The molecule has 8 nitrogen and oxygen atoms in total. The monoisotopic (exact) mass is 438 g/mol. The number of halogens is 1. The Labute approximate surface area is 149 Å². The van der Waals surface area contributed by atoms with Crippen molar-refractivity contribution in [2.24, 2.45) is 5.73 Å². The quantitative estimate of drug-likeness (QED) is 0.391. The molecule has 23 heavy (non-hydrogen) atoms. The minimum Gasteiger partial charge on any atom is -0.391 e. The van der Waals surface area contributed by atoms with Crippen molar-refractivity contribution in [3.63, 3.8) is 0 Å². The Balaban J connectivity index is 2.11. The van der Waals surface area contributed by atoms with Crippen LogP contribution in [-0.2, 0) is 14.4 Å². The van der Waals surface area contributed by atoms with Gasteiger partial charge in [-0.25, -0.2) is 0 Å². The highest BCUT2D eigenvalue weighted by Crippen LogP contribution is 2.25. The molecule has 0 aliphatic carbocycles. The van der Waals surface area contributed by atoms with Crippen LogP contribution in [0.25, 0.3) is 0 Å². The summed E-state index contributed by atoms with van der Waals surface area (Å²) in [5.41, 5.74) is 5.72. The maximum absolute atomic E-state index is 12.8. The van der Waals surface area contributed by atoms with E-state index in [1.165, 1.54) is 11.8 Å². The van der Waals surface area contributed by atoms with Gasteiger partial charge in [0.2, 0.25) is 11.8 Å². The fourth-order valence-electron chi connectivity index (χ4n) is 3.24. The van der Waals surface area contributed by atoms with E-state index < -0.39 is 30.1 Å². The number of hydrogen-bond acceptors (Lipinski definition) is 5. The molecular formula is C14H23IN4O4. The molecule has 0 unspecified atom stereocenters. The number of likely N-dealkylation sites (tertiary alicyclic amines) is 2. The van der Waals surface area contributed by atoms with Crippen molar-refractivity contribution in [2.45, 2.75) is 56.8 Å². The highest BCUT2D eigenvalue weighted by Gasteiger charge is 2.43. The van der Waals surface area contributed by atoms with E-state index >= 15 is 0 Å². The highest BCUT2D eigenvalue weighted by molar-refractivity contribution is 14.1. The Kier molecular flexibility index (Phi) is 6.20. The molecule has 130 valence electrons. The molecule has 0 aromatic rings. The number of nitrogens with zero attached hydrogens (tertiary/aromatic N) is 2. The van der Waals surface area contributed by atoms with Gasteiger partial charge in [0, 0.05) is 13.1 Å². The van der Waals surface area contributed by atoms with Crippen molar-refractivity contribution in [1.82, 2.24) is 13.3 Å². The summed E-state index contributed by atoms with van der Waals surface area (Å²) in [5.74, 6) is -0.797. The van der Waals surface area contributed by atoms with Crippen molar-refractivity contribution in [2.75, 3.05) is 13.1 Å². The van der Waals surface area contributed by atoms with Crippen LogP contribution in [0.15, 0.2) is 0 Å². The smallest absolute Gasteiger partial charge is 0.251 e. The van der Waals surface area contributed by atoms with Crippen LogP contribution in [0.3, 0.4) is 0 Å². The molecule has 4 N–H and O–H groups in total. The second-order valence-corrected chi connectivity index (χ2v) is 6.64. The predicted molar refractivity (Wildman–Crippen MR) is 91.3 cm³/mol. The molecule has 3 amide bonds. The molecule has 2 saturated heterocycles. The molecule has 0 aromatic heterocycles. The van der Waals surface area contributed by atoms with Crippen LogP contribution in [-0.4, -0.2) is 69.9 Å². The van der Waals surface area contributed by atoms with E-state index in [9.17, 15) is 19.5 Å². The minimum atomic E-state index is -1.03. The Hall–Kier alpha value is -0.940. The number of nitrogens with one attached hydrogen (secondary N) is 1. The lowest BCUT2D eigenvalue weighted by molar-refractivity contribution is -0.147. The van der Waals surface area contributed by atoms with Crippen LogP contribution in [0.5, 0.6) is 0 Å². The molecule has 2 fully saturated rings. The third kappa shape index (κ3) is 3.77. The van der Waals surface area contributed by atoms with E-state index in [0.717, 1.165) is 6.42 Å². The fraction of sp³-hybridized carbons (Fsp3) is 0.786. The molecule has 2 aliphatic rings. The SMILES string of the molecule is C[C@@H](O)[C@H](N)C(=O)N1CCC[C@H]1C(=O)N1CCC[C@H]1C(=O)NI. The van der Waals surface area contributed by atoms with Crippen LogP contribution in [0.2, 0.25) is 0 Å². The van der Waals surface area contributed by atoms with Gasteiger partial charge in [0.05, 0.1) is 29.0 Å². The third-order valence-electron chi connectivity index (χ3n) is 4.56. The Morgan fingerprint density at radius 2 is 1.74 bits per heavy atom. The van der Waals surface area contributed by atoms with Crippen LogP contribution >= 0.6 is 22.9 Å². The standard InChI is InChI=1S/C14H23IN4O4/c1-8(20)11(16)14(23)19-7-3-5-10(19)13(22)18-6-2-4-9(18)12(21)17-15/h8-11,20H,2-7,16H2,1H3,(H,17,21)/t8-,9+,10+,11+/m1/s1. The first-order valence-corrected chi connectivity index (χ1v) is 8.91. The number of aliphatic hydroxyl groups is 1. The van der Waals surface area contributed by atoms with E-state index in [1.54, 1.807) is 27.8 Å². The summed E-state index contributed by atoms with van der Waals surface area (Å²) < 4.78 is 2.55. The average molecular weight is 438 g/mol. The van der Waals surface area contributed by atoms with Crippen molar-refractivity contribution >= 4 is 40.6 Å². The highest BCUT2D eigenvalue weighted by atomic mass is 127. The zero-order valence-corrected chi connectivity index (χ0v) is 15.2. The second-order valence-electron chi connectivity index (χ2n) is 6.10. The van der Waals surface area contributed by atoms with Crippen LogP contribution in [0, 0.1) is 0 Å². The number of amides is 3. The first-order chi connectivity index (χ1) is 10.9. The van der Waals surface area contributed by atoms with Gasteiger partial charge in [-0.05, 0) is 32.6 Å². The molecule has 0 saturated carbocycles. The van der Waals surface area contributed by atoms with Gasteiger partial charge in [-0.15, -0.1) is 0 Å². The summed E-state index contributed by atoms with van der Waals surface area (Å²) in [6.45, 7) is 2.43. The van der Waals surface area contributed by atoms with E-state index in [0.29, 0.717) is 32.4 Å². The topological polar surface area (TPSA) is 116 Å². The number of hydrogen-bond donors (Lipinski definition) is 3. The summed E-state index contributed by atoms with van der Waals surface area (Å²) in [7, 11) is 0. The van der Waals surface area contributed by atoms with Gasteiger partial charge in [-0.2, -0.15) is 0 Å². The first kappa shape index (κ1) is 18.4. The largest absolute Gasteiger partial charge is 0.391 e. The molecule has 0 radical (unpaired) electrons. The lowest BCUT2D eigenvalue weighted by Gasteiger charge is -2.32. The molecule has 0 bridgehead atoms. The summed E-state index contributed by atoms with van der Waals surface area (Å²) in [5, 5.41) is 9.51. The van der Waals surface area contributed by atoms with Gasteiger partial charge in [-0.1, -0.05) is 0 Å². The fourth-order valence-corrected chi connectivity index (χ4v) is 3.60. The van der Waals surface area contributed by atoms with Gasteiger partial charge >= 0.3 is 0 Å². The molecule has 4 atom stereocenters. The number of carbonyl (C=O) groups excluding carboxylic acids is 3. The van der Waals surface area contributed by atoms with Gasteiger partial charge in [0.25, 0.3) is 5.91 Å². The lowest BCUT2D eigenvalue weighted by atomic mass is 10.1. The van der Waals surface area contributed by atoms with Crippen molar-refractivity contribution in [3.05, 3.63) is 0 Å². The summed E-state index contributed by atoms with van der Waals surface area (Å²) >= 11 is 1.77. The second kappa shape index (κ2) is 7.75. The van der Waals surface area contributed by atoms with Crippen molar-refractivity contribution < 1.29 is 19.5 Å². The zero-order valence-electron chi connectivity index (χ0n) is 13.1. The number of carbonyl (C=O) groups is 3. The Morgan fingerprint density at radius 1 is 1.17 bits per heavy atom. The zero-order chi connectivity index (χ0) is 17.1. The molecular weight excluding hydrogens is 415 g/mol. The van der Waals surface area contributed by atoms with E-state index in [-0.39, 0.29) is 11.8 Å². The van der Waals surface area contributed by atoms with Crippen molar-refractivity contribution in [1.29, 1.82) is 0 Å². The summed E-state index contributed by atoms with van der Waals surface area (Å²) in [6, 6.07) is -2.09. The van der Waals surface area contributed by atoms with Gasteiger partial charge in [0.1, 0.15) is 18.1 Å². The molecule has 2 aliphatic heterocycles. The van der Waals surface area contributed by atoms with Gasteiger partial charge < -0.3 is 20.6 Å². The van der Waals surface area contributed by atoms with Crippen LogP contribution in [0.1, 0.15) is 32.6 Å². The van der Waals surface area contributed by atoms with E-state index in [4.69, 9.17) is 5.73 Å². The number of nitrogens with two attached hydrogens (primary N) is 1. The Bertz CT molecular complexity index is 487. The van der Waals surface area contributed by atoms with Crippen LogP contribution in [0.4, 0.5) is 0 Å². The lowest BCUT2D eigenvalue weighted by Crippen LogP contribution is -2.56. The molecule has 9 heteroatoms. The first-order valence-electron chi connectivity index (χ1n) is 7.83. The molecule has 2 heterocycles. The van der Waals surface area contributed by atoms with Gasteiger partial charge in [-0.3, -0.25) is 17.9 Å². The maximum atomic E-state index is 12.8. The summed E-state index contributed by atoms with van der Waals surface area (Å²) in [4.78, 5) is 40.1. The molecule has 0 spiro atoms. The molecule has 2 rings (SSSR count). The molecule has 0 aromatic carbocycles. The third-order valence-corrected chi connectivity index (χ3v) is 5.09.